The number of hydrogen-bond acceptors (Lipinski definition) is 7. The average molecular weight is 487 g/mol. The number of hydrogen-bond donors (Lipinski definition) is 2. The van der Waals surface area contributed by atoms with E-state index in [4.69, 9.17) is 24.5 Å². The third-order valence-corrected chi connectivity index (χ3v) is 6.52. The Balaban J connectivity index is 0.000000872. The zero-order valence-electron chi connectivity index (χ0n) is 20.5. The molecule has 0 radical (unpaired) electrons. The van der Waals surface area contributed by atoms with Crippen LogP contribution in [0, 0.1) is 5.92 Å². The number of rotatable bonds is 6. The molecule has 0 atom stereocenters. The smallest absolute Gasteiger partial charge is 0.290 e. The van der Waals surface area contributed by atoms with Crippen LogP contribution in [-0.2, 0) is 23.9 Å². The summed E-state index contributed by atoms with van der Waals surface area (Å²) < 4.78 is 5.16. The molecule has 2 amide bonds. The minimum absolute atomic E-state index is 0.167. The molecule has 0 spiro atoms. The van der Waals surface area contributed by atoms with E-state index in [1.54, 1.807) is 7.11 Å². The molecule has 196 valence electrons. The average Bonchev–Trinajstić information content (AvgIpc) is 3.10. The summed E-state index contributed by atoms with van der Waals surface area (Å²) in [5.41, 5.74) is 0. The summed E-state index contributed by atoms with van der Waals surface area (Å²) in [6, 6.07) is 0. The largest absolute Gasteiger partial charge is 0.483 e. The van der Waals surface area contributed by atoms with Crippen LogP contribution in [0.25, 0.3) is 0 Å². The molecule has 0 bridgehead atoms. The van der Waals surface area contributed by atoms with Crippen molar-refractivity contribution in [1.82, 2.24) is 19.6 Å². The van der Waals surface area contributed by atoms with Gasteiger partial charge in [-0.3, -0.25) is 24.1 Å². The first-order chi connectivity index (χ1) is 16.5. The van der Waals surface area contributed by atoms with E-state index in [9.17, 15) is 9.59 Å². The van der Waals surface area contributed by atoms with Crippen molar-refractivity contribution in [3.63, 3.8) is 0 Å². The SMILES string of the molecule is COCCN1CCC(C(=O)N2CCCN(CC(=O)N3CCCCC3)CC2)CC1.O=CO.O=CO. The van der Waals surface area contributed by atoms with Crippen LogP contribution in [0.15, 0.2) is 0 Å². The van der Waals surface area contributed by atoms with Crippen LogP contribution in [0.5, 0.6) is 0 Å². The maximum absolute atomic E-state index is 13.0. The molecule has 3 heterocycles. The van der Waals surface area contributed by atoms with Gasteiger partial charge >= 0.3 is 0 Å². The first-order valence-corrected chi connectivity index (χ1v) is 12.2. The molecule has 3 aliphatic heterocycles. The second kappa shape index (κ2) is 18.1. The van der Waals surface area contributed by atoms with Crippen molar-refractivity contribution >= 4 is 24.8 Å². The highest BCUT2D eigenvalue weighted by atomic mass is 16.5. The van der Waals surface area contributed by atoms with Crippen molar-refractivity contribution in [2.24, 2.45) is 5.92 Å². The molecular weight excluding hydrogens is 444 g/mol. The number of carbonyl (C=O) groups is 4. The van der Waals surface area contributed by atoms with Gasteiger partial charge in [-0.15, -0.1) is 0 Å². The number of ether oxygens (including phenoxy) is 1. The molecule has 0 aromatic rings. The van der Waals surface area contributed by atoms with Crippen LogP contribution >= 0.6 is 0 Å². The van der Waals surface area contributed by atoms with Crippen molar-refractivity contribution in [2.75, 3.05) is 79.2 Å². The summed E-state index contributed by atoms with van der Waals surface area (Å²) >= 11 is 0. The van der Waals surface area contributed by atoms with Crippen LogP contribution in [0.4, 0.5) is 0 Å². The van der Waals surface area contributed by atoms with E-state index in [2.05, 4.69) is 14.7 Å². The Labute approximate surface area is 202 Å². The van der Waals surface area contributed by atoms with Gasteiger partial charge in [-0.2, -0.15) is 0 Å². The molecule has 3 rings (SSSR count). The minimum Gasteiger partial charge on any atom is -0.483 e. The van der Waals surface area contributed by atoms with E-state index in [0.717, 1.165) is 97.6 Å². The van der Waals surface area contributed by atoms with Crippen LogP contribution in [0.1, 0.15) is 38.5 Å². The first kappa shape index (κ1) is 29.8. The third-order valence-electron chi connectivity index (χ3n) is 6.52. The number of nitrogens with zero attached hydrogens (tertiary/aromatic N) is 4. The van der Waals surface area contributed by atoms with E-state index < -0.39 is 0 Å². The molecule has 0 saturated carbocycles. The van der Waals surface area contributed by atoms with E-state index >= 15 is 0 Å². The van der Waals surface area contributed by atoms with Crippen molar-refractivity contribution in [3.05, 3.63) is 0 Å². The highest BCUT2D eigenvalue weighted by molar-refractivity contribution is 5.79. The Bertz CT molecular complexity index is 588. The van der Waals surface area contributed by atoms with Gasteiger partial charge in [-0.1, -0.05) is 0 Å². The first-order valence-electron chi connectivity index (χ1n) is 12.2. The van der Waals surface area contributed by atoms with Crippen LogP contribution in [0.3, 0.4) is 0 Å². The third kappa shape index (κ3) is 11.3. The fourth-order valence-corrected chi connectivity index (χ4v) is 4.67. The van der Waals surface area contributed by atoms with Gasteiger partial charge in [0, 0.05) is 58.8 Å². The van der Waals surface area contributed by atoms with Crippen molar-refractivity contribution < 1.29 is 34.1 Å². The number of amides is 2. The number of carbonyl (C=O) groups excluding carboxylic acids is 2. The van der Waals surface area contributed by atoms with E-state index in [1.165, 1.54) is 6.42 Å². The van der Waals surface area contributed by atoms with Crippen LogP contribution < -0.4 is 0 Å². The fourth-order valence-electron chi connectivity index (χ4n) is 4.67. The van der Waals surface area contributed by atoms with E-state index in [0.29, 0.717) is 12.5 Å². The highest BCUT2D eigenvalue weighted by Crippen LogP contribution is 2.20. The van der Waals surface area contributed by atoms with Gasteiger partial charge in [-0.25, -0.2) is 0 Å². The van der Waals surface area contributed by atoms with Crippen LogP contribution in [-0.4, -0.2) is 134 Å². The monoisotopic (exact) mass is 486 g/mol. The molecule has 0 aromatic carbocycles. The molecule has 0 aliphatic carbocycles. The Morgan fingerprint density at radius 1 is 0.794 bits per heavy atom. The molecule has 3 aliphatic rings. The zero-order chi connectivity index (χ0) is 25.2. The quantitative estimate of drug-likeness (QED) is 0.509. The number of piperidine rings is 2. The standard InChI is InChI=1S/C21H38N4O3.2CH2O2/c1-28-17-16-22-12-6-19(7-13-22)21(27)25-11-5-8-23(14-15-25)18-20(26)24-9-3-2-4-10-24;2*2-1-3/h19H,2-18H2,1H3;2*1H,(H,2,3). The number of carboxylic acid groups (broad SMARTS) is 2. The van der Waals surface area contributed by atoms with Crippen molar-refractivity contribution in [2.45, 2.75) is 38.5 Å². The molecule has 11 heteroatoms. The lowest BCUT2D eigenvalue weighted by Gasteiger charge is -2.34. The fraction of sp³-hybridized carbons (Fsp3) is 0.826. The Morgan fingerprint density at radius 3 is 1.97 bits per heavy atom. The van der Waals surface area contributed by atoms with Gasteiger partial charge in [0.15, 0.2) is 0 Å². The molecule has 3 fully saturated rings. The van der Waals surface area contributed by atoms with E-state index in [1.807, 2.05) is 4.90 Å². The molecule has 2 N–H and O–H groups in total. The lowest BCUT2D eigenvalue weighted by atomic mass is 9.95. The predicted octanol–water partition coefficient (Wildman–Crippen LogP) is 0.293. The molecule has 34 heavy (non-hydrogen) atoms. The molecular formula is C23H42N4O7. The zero-order valence-corrected chi connectivity index (χ0v) is 20.5. The Hall–Kier alpha value is -2.24. The molecule has 11 nitrogen and oxygen atoms in total. The van der Waals surface area contributed by atoms with Crippen LogP contribution in [0.2, 0.25) is 0 Å². The molecule has 0 aromatic heterocycles. The van der Waals surface area contributed by atoms with Gasteiger partial charge < -0.3 is 29.6 Å². The lowest BCUT2D eigenvalue weighted by molar-refractivity contribution is -0.137. The Morgan fingerprint density at radius 2 is 1.38 bits per heavy atom. The van der Waals surface area contributed by atoms with Crippen molar-refractivity contribution in [1.29, 1.82) is 0 Å². The minimum atomic E-state index is -0.250. The topological polar surface area (TPSA) is 131 Å². The van der Waals surface area contributed by atoms with Gasteiger partial charge in [0.25, 0.3) is 12.9 Å². The van der Waals surface area contributed by atoms with Crippen molar-refractivity contribution in [3.8, 4) is 0 Å². The number of likely N-dealkylation sites (tertiary alicyclic amines) is 2. The summed E-state index contributed by atoms with van der Waals surface area (Å²) in [5, 5.41) is 13.8. The second-order valence-corrected chi connectivity index (χ2v) is 8.72. The summed E-state index contributed by atoms with van der Waals surface area (Å²) in [6.07, 6.45) is 6.39. The lowest BCUT2D eigenvalue weighted by Crippen LogP contribution is -2.45. The normalized spacial score (nSPS) is 20.1. The molecule has 0 unspecified atom stereocenters. The maximum atomic E-state index is 13.0. The summed E-state index contributed by atoms with van der Waals surface area (Å²) in [5.74, 6) is 0.763. The summed E-state index contributed by atoms with van der Waals surface area (Å²) in [4.78, 5) is 51.0. The Kier molecular flexibility index (Phi) is 15.9. The predicted molar refractivity (Wildman–Crippen MR) is 126 cm³/mol. The summed E-state index contributed by atoms with van der Waals surface area (Å²) in [6.45, 7) is 8.87. The maximum Gasteiger partial charge on any atom is 0.290 e. The van der Waals surface area contributed by atoms with E-state index in [-0.39, 0.29) is 24.8 Å². The second-order valence-electron chi connectivity index (χ2n) is 8.72. The highest BCUT2D eigenvalue weighted by Gasteiger charge is 2.30. The number of methoxy groups -OCH3 is 1. The van der Waals surface area contributed by atoms with Gasteiger partial charge in [0.05, 0.1) is 13.2 Å². The molecule has 3 saturated heterocycles. The van der Waals surface area contributed by atoms with Gasteiger partial charge in [0.1, 0.15) is 0 Å². The summed E-state index contributed by atoms with van der Waals surface area (Å²) in [7, 11) is 1.74. The van der Waals surface area contributed by atoms with Gasteiger partial charge in [-0.05, 0) is 51.6 Å². The van der Waals surface area contributed by atoms with Gasteiger partial charge in [0.2, 0.25) is 11.8 Å².